The van der Waals surface area contributed by atoms with E-state index < -0.39 is 0 Å². The van der Waals surface area contributed by atoms with Crippen molar-refractivity contribution in [1.29, 1.82) is 0 Å². The first-order valence-corrected chi connectivity index (χ1v) is 2.76. The summed E-state index contributed by atoms with van der Waals surface area (Å²) < 4.78 is 0. The second-order valence-corrected chi connectivity index (χ2v) is 2.61. The normalized spacial score (nSPS) is 36.0. The van der Waals surface area contributed by atoms with Gasteiger partial charge in [0.15, 0.2) is 0 Å². The highest BCUT2D eigenvalue weighted by atomic mass is 14.5. The molecule has 0 N–H and O–H groups in total. The van der Waals surface area contributed by atoms with Crippen molar-refractivity contribution in [2.75, 3.05) is 0 Å². The summed E-state index contributed by atoms with van der Waals surface area (Å²) in [5.41, 5.74) is 0.847. The van der Waals surface area contributed by atoms with E-state index in [1.165, 1.54) is 25.7 Å². The summed E-state index contributed by atoms with van der Waals surface area (Å²) in [6.07, 6.45) is 8.40. The van der Waals surface area contributed by atoms with Gasteiger partial charge < -0.3 is 0 Å². The van der Waals surface area contributed by atoms with E-state index in [9.17, 15) is 0 Å². The molecule has 2 rings (SSSR count). The standard InChI is InChI=1S/C6H9/c1-2-6(3-1)4-5-6/h2H,1,3-5H2. The fourth-order valence-corrected chi connectivity index (χ4v) is 1.17. The Labute approximate surface area is 38.6 Å². The van der Waals surface area contributed by atoms with Crippen LogP contribution in [0.2, 0.25) is 0 Å². The summed E-state index contributed by atoms with van der Waals surface area (Å²) in [5.74, 6) is 0. The van der Waals surface area contributed by atoms with Gasteiger partial charge in [-0.25, -0.2) is 0 Å². The first-order chi connectivity index (χ1) is 2.91. The minimum Gasteiger partial charge on any atom is -0.0491 e. The Morgan fingerprint density at radius 3 is 1.83 bits per heavy atom. The molecule has 0 aromatic rings. The number of hydrogen-bond donors (Lipinski definition) is 0. The summed E-state index contributed by atoms with van der Waals surface area (Å²) in [4.78, 5) is 0. The summed E-state index contributed by atoms with van der Waals surface area (Å²) in [6.45, 7) is 0. The fraction of sp³-hybridized carbons (Fsp3) is 0.833. The van der Waals surface area contributed by atoms with Crippen molar-refractivity contribution < 1.29 is 0 Å². The SMILES string of the molecule is [CH]1CCC12CC2. The van der Waals surface area contributed by atoms with Crippen molar-refractivity contribution in [3.05, 3.63) is 6.42 Å². The summed E-state index contributed by atoms with van der Waals surface area (Å²) >= 11 is 0. The molecule has 1 radical (unpaired) electrons. The Kier molecular flexibility index (Phi) is 0.337. The van der Waals surface area contributed by atoms with Crippen LogP contribution in [0.4, 0.5) is 0 Å². The molecule has 6 heavy (non-hydrogen) atoms. The van der Waals surface area contributed by atoms with Gasteiger partial charge in [-0.3, -0.25) is 0 Å². The van der Waals surface area contributed by atoms with Crippen molar-refractivity contribution in [2.45, 2.75) is 25.7 Å². The minimum atomic E-state index is 0.847. The molecule has 0 aliphatic heterocycles. The zero-order valence-electron chi connectivity index (χ0n) is 3.91. The van der Waals surface area contributed by atoms with Gasteiger partial charge in [0.05, 0.1) is 0 Å². The molecule has 0 nitrogen and oxygen atoms in total. The molecule has 0 amide bonds. The minimum absolute atomic E-state index is 0.847. The van der Waals surface area contributed by atoms with Crippen LogP contribution in [0.15, 0.2) is 0 Å². The van der Waals surface area contributed by atoms with Gasteiger partial charge in [0.25, 0.3) is 0 Å². The molecule has 1 spiro atoms. The van der Waals surface area contributed by atoms with Crippen LogP contribution < -0.4 is 0 Å². The van der Waals surface area contributed by atoms with E-state index in [2.05, 4.69) is 6.42 Å². The predicted octanol–water partition coefficient (Wildman–Crippen LogP) is 1.76. The van der Waals surface area contributed by atoms with Crippen molar-refractivity contribution in [2.24, 2.45) is 5.41 Å². The van der Waals surface area contributed by atoms with E-state index in [-0.39, 0.29) is 0 Å². The molecule has 0 aromatic carbocycles. The highest BCUT2D eigenvalue weighted by Crippen LogP contribution is 2.59. The van der Waals surface area contributed by atoms with Crippen LogP contribution >= 0.6 is 0 Å². The lowest BCUT2D eigenvalue weighted by atomic mass is 9.82. The molecule has 0 heteroatoms. The van der Waals surface area contributed by atoms with Crippen LogP contribution in [0.25, 0.3) is 0 Å². The Hall–Kier alpha value is 0. The molecule has 2 aliphatic carbocycles. The molecule has 0 heterocycles. The third kappa shape index (κ3) is 0.213. The van der Waals surface area contributed by atoms with E-state index >= 15 is 0 Å². The Bertz CT molecular complexity index is 64.1. The van der Waals surface area contributed by atoms with Crippen LogP contribution in [0.1, 0.15) is 25.7 Å². The van der Waals surface area contributed by atoms with Gasteiger partial charge >= 0.3 is 0 Å². The molecule has 0 saturated heterocycles. The van der Waals surface area contributed by atoms with Gasteiger partial charge in [0.2, 0.25) is 0 Å². The maximum Gasteiger partial charge on any atom is -0.0266 e. The van der Waals surface area contributed by atoms with E-state index in [0.717, 1.165) is 5.41 Å². The van der Waals surface area contributed by atoms with Crippen LogP contribution in [0.3, 0.4) is 0 Å². The van der Waals surface area contributed by atoms with Gasteiger partial charge in [0, 0.05) is 0 Å². The Morgan fingerprint density at radius 2 is 1.83 bits per heavy atom. The molecule has 2 aliphatic rings. The molecule has 2 saturated carbocycles. The summed E-state index contributed by atoms with van der Waals surface area (Å²) in [5, 5.41) is 0. The van der Waals surface area contributed by atoms with E-state index in [0.29, 0.717) is 0 Å². The quantitative estimate of drug-likeness (QED) is 0.417. The fourth-order valence-electron chi connectivity index (χ4n) is 1.17. The average molecular weight is 81.1 g/mol. The van der Waals surface area contributed by atoms with Gasteiger partial charge in [-0.1, -0.05) is 0 Å². The lowest BCUT2D eigenvalue weighted by molar-refractivity contribution is 0.411. The zero-order chi connectivity index (χ0) is 4.04. The van der Waals surface area contributed by atoms with Crippen LogP contribution in [0.5, 0.6) is 0 Å². The smallest absolute Gasteiger partial charge is 0.0266 e. The molecule has 0 bridgehead atoms. The number of rotatable bonds is 0. The van der Waals surface area contributed by atoms with Crippen LogP contribution in [-0.2, 0) is 0 Å². The first kappa shape index (κ1) is 3.06. The highest BCUT2D eigenvalue weighted by molar-refractivity contribution is 5.11. The molecule has 2 fully saturated rings. The highest BCUT2D eigenvalue weighted by Gasteiger charge is 2.47. The predicted molar refractivity (Wildman–Crippen MR) is 25.2 cm³/mol. The van der Waals surface area contributed by atoms with Crippen LogP contribution in [0, 0.1) is 11.8 Å². The van der Waals surface area contributed by atoms with Gasteiger partial charge in [-0.15, -0.1) is 0 Å². The third-order valence-electron chi connectivity index (χ3n) is 2.11. The molecule has 0 aromatic heterocycles. The van der Waals surface area contributed by atoms with Crippen molar-refractivity contribution in [3.63, 3.8) is 0 Å². The lowest BCUT2D eigenvalue weighted by Gasteiger charge is -2.23. The van der Waals surface area contributed by atoms with E-state index in [4.69, 9.17) is 0 Å². The van der Waals surface area contributed by atoms with E-state index in [1.807, 2.05) is 0 Å². The molecule has 0 unspecified atom stereocenters. The summed E-state index contributed by atoms with van der Waals surface area (Å²) in [7, 11) is 0. The van der Waals surface area contributed by atoms with Crippen LogP contribution in [-0.4, -0.2) is 0 Å². The summed E-state index contributed by atoms with van der Waals surface area (Å²) in [6, 6.07) is 0. The largest absolute Gasteiger partial charge is 0.0491 e. The van der Waals surface area contributed by atoms with Crippen molar-refractivity contribution >= 4 is 0 Å². The van der Waals surface area contributed by atoms with Crippen molar-refractivity contribution in [1.82, 2.24) is 0 Å². The second kappa shape index (κ2) is 0.661. The lowest BCUT2D eigenvalue weighted by Crippen LogP contribution is -2.11. The maximum atomic E-state index is 2.48. The molecule has 0 atom stereocenters. The molecular formula is C6H9. The van der Waals surface area contributed by atoms with Gasteiger partial charge in [-0.2, -0.15) is 0 Å². The first-order valence-electron chi connectivity index (χ1n) is 2.76. The third-order valence-corrected chi connectivity index (χ3v) is 2.11. The van der Waals surface area contributed by atoms with E-state index in [1.54, 1.807) is 0 Å². The Morgan fingerprint density at radius 1 is 1.17 bits per heavy atom. The van der Waals surface area contributed by atoms with Crippen molar-refractivity contribution in [3.8, 4) is 0 Å². The second-order valence-electron chi connectivity index (χ2n) is 2.61. The Balaban J connectivity index is 2.09. The van der Waals surface area contributed by atoms with Gasteiger partial charge in [0.1, 0.15) is 0 Å². The topological polar surface area (TPSA) is 0 Å². The number of hydrogen-bond acceptors (Lipinski definition) is 0. The monoisotopic (exact) mass is 81.1 g/mol. The average Bonchev–Trinajstić information content (AvgIpc) is 2.02. The molecular weight excluding hydrogens is 72.1 g/mol. The molecule has 33 valence electrons. The van der Waals surface area contributed by atoms with Gasteiger partial charge in [-0.05, 0) is 37.5 Å². The maximum absolute atomic E-state index is 2.48. The zero-order valence-corrected chi connectivity index (χ0v) is 3.91.